The Labute approximate surface area is 275 Å². The van der Waals surface area contributed by atoms with Gasteiger partial charge in [-0.3, -0.25) is 0 Å². The lowest BCUT2D eigenvalue weighted by molar-refractivity contribution is -0.732. The highest BCUT2D eigenvalue weighted by atomic mass is 15.1. The number of para-hydroxylation sites is 1. The summed E-state index contributed by atoms with van der Waals surface area (Å²) in [7, 11) is 0. The molecule has 4 aromatic rings. The molecule has 0 saturated carbocycles. The van der Waals surface area contributed by atoms with Crippen molar-refractivity contribution in [1.29, 1.82) is 0 Å². The summed E-state index contributed by atoms with van der Waals surface area (Å²) in [6, 6.07) is 33.4. The van der Waals surface area contributed by atoms with E-state index < -0.39 is 0 Å². The lowest BCUT2D eigenvalue weighted by atomic mass is 9.70. The fourth-order valence-electron chi connectivity index (χ4n) is 7.24. The average molecular weight is 606 g/mol. The minimum Gasteiger partial charge on any atom is -0.233 e. The van der Waals surface area contributed by atoms with E-state index in [-0.39, 0.29) is 5.41 Å². The molecule has 0 amide bonds. The molecule has 45 heavy (non-hydrogen) atoms. The van der Waals surface area contributed by atoms with Crippen LogP contribution in [0.25, 0.3) is 5.69 Å². The quantitative estimate of drug-likeness (QED) is 0.0587. The summed E-state index contributed by atoms with van der Waals surface area (Å²) >= 11 is 0. The second-order valence-corrected chi connectivity index (χ2v) is 13.7. The van der Waals surface area contributed by atoms with Gasteiger partial charge in [0.15, 0.2) is 0 Å². The number of benzene rings is 3. The fourth-order valence-corrected chi connectivity index (χ4v) is 7.24. The third-order valence-corrected chi connectivity index (χ3v) is 9.99. The summed E-state index contributed by atoms with van der Waals surface area (Å²) in [6.45, 7) is 4.80. The van der Waals surface area contributed by atoms with Crippen LogP contribution in [0.2, 0.25) is 0 Å². The smallest absolute Gasteiger partial charge is 0.233 e. The Kier molecular flexibility index (Phi) is 15.5. The monoisotopic (exact) mass is 605 g/mol. The van der Waals surface area contributed by atoms with Crippen LogP contribution < -0.4 is 4.57 Å². The van der Waals surface area contributed by atoms with E-state index in [1.807, 2.05) is 0 Å². The molecule has 2 nitrogen and oxygen atoms in total. The first-order valence-electron chi connectivity index (χ1n) is 18.4. The number of nitrogens with zero attached hydrogens (tertiary/aromatic N) is 2. The summed E-state index contributed by atoms with van der Waals surface area (Å²) in [5.41, 5.74) is 4.01. The van der Waals surface area contributed by atoms with Gasteiger partial charge in [0.05, 0.1) is 0 Å². The van der Waals surface area contributed by atoms with Gasteiger partial charge >= 0.3 is 0 Å². The van der Waals surface area contributed by atoms with Crippen molar-refractivity contribution in [1.82, 2.24) is 4.57 Å². The Balaban J connectivity index is 1.31. The summed E-state index contributed by atoms with van der Waals surface area (Å²) in [5.74, 6) is 0. The zero-order chi connectivity index (χ0) is 31.4. The normalized spacial score (nSPS) is 13.5. The van der Waals surface area contributed by atoms with Gasteiger partial charge in [0.1, 0.15) is 24.1 Å². The van der Waals surface area contributed by atoms with Gasteiger partial charge in [0.2, 0.25) is 6.33 Å². The van der Waals surface area contributed by atoms with Crippen LogP contribution in [0.5, 0.6) is 0 Å². The predicted octanol–water partition coefficient (Wildman–Crippen LogP) is 12.2. The Morgan fingerprint density at radius 3 is 1.58 bits per heavy atom. The molecular weight excluding hydrogens is 544 g/mol. The molecule has 1 aromatic heterocycles. The van der Waals surface area contributed by atoms with E-state index in [4.69, 9.17) is 0 Å². The van der Waals surface area contributed by atoms with Crippen LogP contribution in [0.4, 0.5) is 0 Å². The second-order valence-electron chi connectivity index (χ2n) is 13.7. The number of rotatable bonds is 23. The lowest BCUT2D eigenvalue weighted by Crippen LogP contribution is -2.50. The maximum Gasteiger partial charge on any atom is 0.249 e. The fraction of sp³-hybridized carbons (Fsp3) is 0.512. The van der Waals surface area contributed by atoms with E-state index in [0.29, 0.717) is 6.04 Å². The van der Waals surface area contributed by atoms with Gasteiger partial charge < -0.3 is 0 Å². The molecule has 0 fully saturated rings. The van der Waals surface area contributed by atoms with Crippen molar-refractivity contribution in [2.45, 2.75) is 141 Å². The van der Waals surface area contributed by atoms with Crippen LogP contribution in [0.1, 0.15) is 140 Å². The van der Waals surface area contributed by atoms with Crippen LogP contribution in [0, 0.1) is 0 Å². The molecule has 0 aliphatic carbocycles. The van der Waals surface area contributed by atoms with E-state index in [1.165, 1.54) is 126 Å². The van der Waals surface area contributed by atoms with Crippen molar-refractivity contribution < 1.29 is 4.57 Å². The predicted molar refractivity (Wildman–Crippen MR) is 193 cm³/mol. The first kappa shape index (κ1) is 34.7. The number of hydrogen-bond donors (Lipinski definition) is 0. The number of aromatic nitrogens is 2. The van der Waals surface area contributed by atoms with E-state index in [9.17, 15) is 0 Å². The summed E-state index contributed by atoms with van der Waals surface area (Å²) < 4.78 is 4.78. The molecule has 2 atom stereocenters. The Hall–Kier alpha value is -3.13. The SMILES string of the molecule is CCCCCCCCCCCCCCCCCCC([n+]1ccn(-c2ccccc2)c1)C(C)(Cc1ccccc1)c1ccccc1. The molecular formula is C43H61N2+. The Morgan fingerprint density at radius 2 is 1.04 bits per heavy atom. The van der Waals surface area contributed by atoms with Gasteiger partial charge in [-0.1, -0.05) is 189 Å². The number of hydrogen-bond acceptors (Lipinski definition) is 0. The summed E-state index contributed by atoms with van der Waals surface area (Å²) in [6.07, 6.45) is 31.6. The molecule has 1 heterocycles. The molecule has 0 bridgehead atoms. The van der Waals surface area contributed by atoms with Gasteiger partial charge in [0, 0.05) is 5.41 Å². The summed E-state index contributed by atoms with van der Waals surface area (Å²) in [5, 5.41) is 0. The van der Waals surface area contributed by atoms with Crippen LogP contribution in [-0.4, -0.2) is 4.57 Å². The van der Waals surface area contributed by atoms with Crippen LogP contribution >= 0.6 is 0 Å². The number of imidazole rings is 1. The number of unbranched alkanes of at least 4 members (excludes halogenated alkanes) is 15. The molecule has 0 saturated heterocycles. The largest absolute Gasteiger partial charge is 0.249 e. The first-order valence-corrected chi connectivity index (χ1v) is 18.4. The molecule has 3 aromatic carbocycles. The van der Waals surface area contributed by atoms with Crippen molar-refractivity contribution in [2.24, 2.45) is 0 Å². The molecule has 2 heteroatoms. The minimum absolute atomic E-state index is 0.0361. The molecule has 0 N–H and O–H groups in total. The molecule has 2 unspecified atom stereocenters. The third kappa shape index (κ3) is 11.6. The molecule has 0 spiro atoms. The zero-order valence-electron chi connectivity index (χ0n) is 28.6. The van der Waals surface area contributed by atoms with Gasteiger partial charge in [-0.05, 0) is 42.5 Å². The molecule has 4 rings (SSSR count). The molecule has 242 valence electrons. The Morgan fingerprint density at radius 1 is 0.578 bits per heavy atom. The second kappa shape index (κ2) is 20.1. The lowest BCUT2D eigenvalue weighted by Gasteiger charge is -2.37. The van der Waals surface area contributed by atoms with Crippen LogP contribution in [0.15, 0.2) is 110 Å². The summed E-state index contributed by atoms with van der Waals surface area (Å²) in [4.78, 5) is 0. The van der Waals surface area contributed by atoms with Crippen molar-refractivity contribution in [2.75, 3.05) is 0 Å². The van der Waals surface area contributed by atoms with E-state index >= 15 is 0 Å². The van der Waals surface area contributed by atoms with Gasteiger partial charge in [-0.25, -0.2) is 9.13 Å². The minimum atomic E-state index is -0.0361. The van der Waals surface area contributed by atoms with E-state index in [2.05, 4.69) is 133 Å². The molecule has 0 radical (unpaired) electrons. The van der Waals surface area contributed by atoms with E-state index in [1.54, 1.807) is 0 Å². The van der Waals surface area contributed by atoms with Crippen LogP contribution in [0.3, 0.4) is 0 Å². The van der Waals surface area contributed by atoms with Gasteiger partial charge in [-0.15, -0.1) is 0 Å². The highest BCUT2D eigenvalue weighted by Gasteiger charge is 2.40. The van der Waals surface area contributed by atoms with Crippen molar-refractivity contribution in [3.05, 3.63) is 121 Å². The topological polar surface area (TPSA) is 8.81 Å². The maximum atomic E-state index is 2.51. The molecule has 0 aliphatic heterocycles. The average Bonchev–Trinajstić information content (AvgIpc) is 3.57. The van der Waals surface area contributed by atoms with Crippen molar-refractivity contribution >= 4 is 0 Å². The molecule has 0 aliphatic rings. The highest BCUT2D eigenvalue weighted by Crippen LogP contribution is 2.39. The third-order valence-electron chi connectivity index (χ3n) is 9.99. The van der Waals surface area contributed by atoms with E-state index in [0.717, 1.165) is 6.42 Å². The Bertz CT molecular complexity index is 1280. The highest BCUT2D eigenvalue weighted by molar-refractivity contribution is 5.31. The van der Waals surface area contributed by atoms with Crippen LogP contribution in [-0.2, 0) is 11.8 Å². The van der Waals surface area contributed by atoms with Gasteiger partial charge in [0.25, 0.3) is 0 Å². The van der Waals surface area contributed by atoms with Gasteiger partial charge in [-0.2, -0.15) is 0 Å². The first-order chi connectivity index (χ1) is 22.2. The zero-order valence-corrected chi connectivity index (χ0v) is 28.6. The van der Waals surface area contributed by atoms with Crippen molar-refractivity contribution in [3.8, 4) is 5.69 Å². The standard InChI is InChI=1S/C43H61N2/c1-3-4-5-6-7-8-9-10-11-12-13-14-15-16-17-27-34-42(45-36-35-44(38-45)41-32-25-20-26-33-41)43(2,40-30-23-19-24-31-40)37-39-28-21-18-22-29-39/h18-26,28-33,35-36,38,42H,3-17,27,34,37H2,1-2H3/q+1. The maximum absolute atomic E-state index is 2.51. The van der Waals surface area contributed by atoms with Crippen molar-refractivity contribution in [3.63, 3.8) is 0 Å².